The Balaban J connectivity index is 1.84. The van der Waals surface area contributed by atoms with E-state index in [1.54, 1.807) is 66.7 Å². The van der Waals surface area contributed by atoms with Crippen molar-refractivity contribution >= 4 is 49.4 Å². The molecule has 0 fully saturated rings. The summed E-state index contributed by atoms with van der Waals surface area (Å²) in [5.74, 6) is -0.779. The first-order chi connectivity index (χ1) is 18.2. The van der Waals surface area contributed by atoms with Crippen LogP contribution in [0.15, 0.2) is 77.8 Å². The quantitative estimate of drug-likeness (QED) is 0.259. The molecule has 0 saturated heterocycles. The molecule has 3 aromatic carbocycles. The van der Waals surface area contributed by atoms with E-state index in [1.165, 1.54) is 17.3 Å². The van der Waals surface area contributed by atoms with Crippen LogP contribution in [0.3, 0.4) is 0 Å². The molecule has 0 unspecified atom stereocenters. The van der Waals surface area contributed by atoms with Crippen molar-refractivity contribution in [1.29, 1.82) is 0 Å². The third kappa shape index (κ3) is 4.38. The van der Waals surface area contributed by atoms with Crippen molar-refractivity contribution in [3.8, 4) is 5.75 Å². The summed E-state index contributed by atoms with van der Waals surface area (Å²) in [5.41, 5.74) is 2.22. The lowest BCUT2D eigenvalue weighted by molar-refractivity contribution is 0.0685. The summed E-state index contributed by atoms with van der Waals surface area (Å²) in [6, 6.07) is 18.8. The monoisotopic (exact) mass is 550 g/mol. The average molecular weight is 551 g/mol. The van der Waals surface area contributed by atoms with Crippen LogP contribution in [0.1, 0.15) is 27.2 Å². The summed E-state index contributed by atoms with van der Waals surface area (Å²) < 4.78 is 40.5. The van der Waals surface area contributed by atoms with Crippen molar-refractivity contribution < 1.29 is 27.8 Å². The number of pyridine rings is 1. The molecule has 2 aromatic heterocycles. The summed E-state index contributed by atoms with van der Waals surface area (Å²) in [7, 11) is -2.66. The molecule has 0 saturated carbocycles. The molecule has 0 amide bonds. The molecule has 194 valence electrons. The largest absolute Gasteiger partial charge is 0.487 e. The Kier molecular flexibility index (Phi) is 6.83. The molecule has 0 aliphatic rings. The summed E-state index contributed by atoms with van der Waals surface area (Å²) in [6.45, 7) is 1.84. The minimum absolute atomic E-state index is 0.0575. The number of carboxylic acids is 1. The molecule has 0 aliphatic carbocycles. The molecule has 0 spiro atoms. The number of ether oxygens (including phenoxy) is 2. The van der Waals surface area contributed by atoms with E-state index in [0.29, 0.717) is 32.6 Å². The van der Waals surface area contributed by atoms with E-state index in [2.05, 4.69) is 4.98 Å². The van der Waals surface area contributed by atoms with Gasteiger partial charge < -0.3 is 14.6 Å². The lowest BCUT2D eigenvalue weighted by Gasteiger charge is -2.11. The number of para-hydroxylation sites is 1. The first-order valence-electron chi connectivity index (χ1n) is 11.6. The van der Waals surface area contributed by atoms with Gasteiger partial charge in [0.05, 0.1) is 33.8 Å². The van der Waals surface area contributed by atoms with Gasteiger partial charge in [-0.1, -0.05) is 53.6 Å². The van der Waals surface area contributed by atoms with Gasteiger partial charge in [0, 0.05) is 23.4 Å². The molecule has 2 heterocycles. The molecule has 5 aromatic rings. The third-order valence-electron chi connectivity index (χ3n) is 6.25. The van der Waals surface area contributed by atoms with Crippen molar-refractivity contribution in [2.24, 2.45) is 0 Å². The van der Waals surface area contributed by atoms with Gasteiger partial charge in [0.1, 0.15) is 12.4 Å². The number of nitrogens with zero attached hydrogens (tertiary/aromatic N) is 2. The Morgan fingerprint density at radius 2 is 1.71 bits per heavy atom. The molecule has 0 bridgehead atoms. The van der Waals surface area contributed by atoms with Gasteiger partial charge in [-0.3, -0.25) is 0 Å². The second-order valence-corrected chi connectivity index (χ2v) is 10.9. The number of carboxylic acid groups (broad SMARTS) is 1. The predicted molar refractivity (Wildman–Crippen MR) is 144 cm³/mol. The van der Waals surface area contributed by atoms with Crippen LogP contribution in [-0.2, 0) is 28.0 Å². The van der Waals surface area contributed by atoms with Crippen LogP contribution in [0.25, 0.3) is 21.8 Å². The van der Waals surface area contributed by atoms with E-state index in [9.17, 15) is 18.3 Å². The van der Waals surface area contributed by atoms with Crippen molar-refractivity contribution in [3.05, 3.63) is 100 Å². The third-order valence-corrected chi connectivity index (χ3v) is 8.30. The lowest BCUT2D eigenvalue weighted by Crippen LogP contribution is -2.14. The van der Waals surface area contributed by atoms with Gasteiger partial charge in [0.25, 0.3) is 10.0 Å². The van der Waals surface area contributed by atoms with Crippen LogP contribution < -0.4 is 4.74 Å². The maximum atomic E-state index is 14.0. The fourth-order valence-electron chi connectivity index (χ4n) is 4.53. The Morgan fingerprint density at radius 1 is 0.974 bits per heavy atom. The number of rotatable bonds is 8. The number of hydrogen-bond donors (Lipinski definition) is 1. The minimum atomic E-state index is -4.09. The SMILES string of the molecule is COCc1c(C(=O)O)ncc2c1c1c(COc3ccccc3Cl)cccc1n2S(=O)(=O)c1ccc(C)cc1. The molecule has 38 heavy (non-hydrogen) atoms. The van der Waals surface area contributed by atoms with Crippen LogP contribution in [0.4, 0.5) is 0 Å². The van der Waals surface area contributed by atoms with E-state index < -0.39 is 16.0 Å². The molecule has 0 radical (unpaired) electrons. The molecule has 8 nitrogen and oxygen atoms in total. The highest BCUT2D eigenvalue weighted by Gasteiger charge is 2.28. The average Bonchev–Trinajstić information content (AvgIpc) is 3.25. The van der Waals surface area contributed by atoms with Gasteiger partial charge in [-0.25, -0.2) is 22.2 Å². The van der Waals surface area contributed by atoms with E-state index >= 15 is 0 Å². The summed E-state index contributed by atoms with van der Waals surface area (Å²) in [6.07, 6.45) is 1.28. The second kappa shape index (κ2) is 10.1. The maximum absolute atomic E-state index is 14.0. The summed E-state index contributed by atoms with van der Waals surface area (Å²) >= 11 is 6.27. The molecule has 5 rings (SSSR count). The van der Waals surface area contributed by atoms with Gasteiger partial charge in [-0.15, -0.1) is 0 Å². The zero-order valence-electron chi connectivity index (χ0n) is 20.5. The standard InChI is InChI=1S/C28H23ClN2O6S/c1-17-10-12-19(13-11-17)38(34,35)31-22-8-5-6-18(15-37-24-9-4-3-7-21(24)29)25(22)26-20(16-36-2)27(28(32)33)30-14-23(26)31/h3-14H,15-16H2,1-2H3,(H,32,33). The zero-order chi connectivity index (χ0) is 27.0. The van der Waals surface area contributed by atoms with Crippen molar-refractivity contribution in [2.45, 2.75) is 25.0 Å². The molecule has 1 N–H and O–H groups in total. The number of methoxy groups -OCH3 is 1. The molecular weight excluding hydrogens is 528 g/mol. The number of aryl methyl sites for hydroxylation is 1. The normalized spacial score (nSPS) is 11.8. The van der Waals surface area contributed by atoms with Crippen LogP contribution in [-0.4, -0.2) is 35.6 Å². The number of aromatic nitrogens is 2. The van der Waals surface area contributed by atoms with E-state index in [0.717, 1.165) is 5.56 Å². The number of halogens is 1. The van der Waals surface area contributed by atoms with Crippen LogP contribution in [0.2, 0.25) is 5.02 Å². The number of hydrogen-bond acceptors (Lipinski definition) is 6. The number of benzene rings is 3. The molecular formula is C28H23ClN2O6S. The van der Waals surface area contributed by atoms with Crippen LogP contribution in [0, 0.1) is 6.92 Å². The summed E-state index contributed by atoms with van der Waals surface area (Å²) in [4.78, 5) is 16.3. The van der Waals surface area contributed by atoms with Crippen molar-refractivity contribution in [3.63, 3.8) is 0 Å². The fourth-order valence-corrected chi connectivity index (χ4v) is 6.22. The minimum Gasteiger partial charge on any atom is -0.487 e. The van der Waals surface area contributed by atoms with E-state index in [1.807, 2.05) is 6.92 Å². The fraction of sp³-hybridized carbons (Fsp3) is 0.143. The number of carbonyl (C=O) groups is 1. The lowest BCUT2D eigenvalue weighted by atomic mass is 10.0. The van der Waals surface area contributed by atoms with Crippen molar-refractivity contribution in [1.82, 2.24) is 8.96 Å². The van der Waals surface area contributed by atoms with Crippen LogP contribution in [0.5, 0.6) is 5.75 Å². The van der Waals surface area contributed by atoms with Gasteiger partial charge in [0.2, 0.25) is 0 Å². The highest BCUT2D eigenvalue weighted by molar-refractivity contribution is 7.90. The molecule has 10 heteroatoms. The zero-order valence-corrected chi connectivity index (χ0v) is 22.1. The van der Waals surface area contributed by atoms with E-state index in [4.69, 9.17) is 21.1 Å². The maximum Gasteiger partial charge on any atom is 0.354 e. The van der Waals surface area contributed by atoms with Gasteiger partial charge in [-0.2, -0.15) is 0 Å². The summed E-state index contributed by atoms with van der Waals surface area (Å²) in [5, 5.41) is 11.2. The molecule has 0 aliphatic heterocycles. The molecule has 0 atom stereocenters. The van der Waals surface area contributed by atoms with Gasteiger partial charge in [0.15, 0.2) is 5.69 Å². The van der Waals surface area contributed by atoms with Crippen LogP contribution >= 0.6 is 11.6 Å². The highest BCUT2D eigenvalue weighted by atomic mass is 35.5. The Hall–Kier alpha value is -3.92. The Bertz CT molecular complexity index is 1800. The first-order valence-corrected chi connectivity index (χ1v) is 13.4. The van der Waals surface area contributed by atoms with Gasteiger partial charge >= 0.3 is 5.97 Å². The second-order valence-electron chi connectivity index (χ2n) is 8.70. The first kappa shape index (κ1) is 25.7. The number of aromatic carboxylic acids is 1. The Morgan fingerprint density at radius 3 is 2.39 bits per heavy atom. The topological polar surface area (TPSA) is 108 Å². The van der Waals surface area contributed by atoms with Gasteiger partial charge in [-0.05, 0) is 42.8 Å². The Labute approximate surface area is 224 Å². The smallest absolute Gasteiger partial charge is 0.354 e. The predicted octanol–water partition coefficient (Wildman–Crippen LogP) is 5.81. The highest BCUT2D eigenvalue weighted by Crippen LogP contribution is 2.38. The van der Waals surface area contributed by atoms with Crippen molar-refractivity contribution in [2.75, 3.05) is 7.11 Å². The number of fused-ring (bicyclic) bond motifs is 3. The van der Waals surface area contributed by atoms with E-state index in [-0.39, 0.29) is 34.9 Å².